The van der Waals surface area contributed by atoms with Gasteiger partial charge in [-0.1, -0.05) is 211 Å². The summed E-state index contributed by atoms with van der Waals surface area (Å²) in [5.41, 5.74) is 0. The van der Waals surface area contributed by atoms with E-state index in [0.717, 1.165) is 70.6 Å². The van der Waals surface area contributed by atoms with Gasteiger partial charge >= 0.3 is 5.97 Å². The molecule has 0 aliphatic carbocycles. The summed E-state index contributed by atoms with van der Waals surface area (Å²) in [6, 6.07) is -0.706. The second kappa shape index (κ2) is 42.0. The number of nitrogens with one attached hydrogen (secondary N) is 1. The van der Waals surface area contributed by atoms with Crippen molar-refractivity contribution in [3.8, 4) is 0 Å². The topological polar surface area (TPSA) is 95.9 Å². The molecule has 1 amide bonds. The van der Waals surface area contributed by atoms with Crippen LogP contribution in [0.3, 0.4) is 0 Å². The van der Waals surface area contributed by atoms with Gasteiger partial charge in [-0.2, -0.15) is 0 Å². The van der Waals surface area contributed by atoms with Gasteiger partial charge in [0.1, 0.15) is 6.10 Å². The van der Waals surface area contributed by atoms with Gasteiger partial charge < -0.3 is 20.3 Å². The van der Waals surface area contributed by atoms with E-state index in [0.29, 0.717) is 19.3 Å². The van der Waals surface area contributed by atoms with Gasteiger partial charge in [0.15, 0.2) is 0 Å². The Hall–Kier alpha value is -2.18. The van der Waals surface area contributed by atoms with Crippen molar-refractivity contribution >= 4 is 11.9 Å². The molecule has 0 aromatic heterocycles. The molecule has 0 bridgehead atoms. The van der Waals surface area contributed by atoms with Crippen molar-refractivity contribution < 1.29 is 24.5 Å². The van der Waals surface area contributed by atoms with Gasteiger partial charge in [-0.05, 0) is 44.9 Å². The van der Waals surface area contributed by atoms with Crippen molar-refractivity contribution in [3.63, 3.8) is 0 Å². The number of hydrogen-bond donors (Lipinski definition) is 3. The highest BCUT2D eigenvalue weighted by Gasteiger charge is 2.24. The molecule has 0 aromatic carbocycles. The van der Waals surface area contributed by atoms with E-state index in [-0.39, 0.29) is 24.9 Å². The van der Waals surface area contributed by atoms with Gasteiger partial charge in [-0.3, -0.25) is 9.59 Å². The lowest BCUT2D eigenvalue weighted by molar-refractivity contribution is -0.151. The lowest BCUT2D eigenvalue weighted by atomic mass is 10.0. The number of ether oxygens (including phenoxy) is 1. The molecule has 0 fully saturated rings. The smallest absolute Gasteiger partial charge is 0.306 e. The van der Waals surface area contributed by atoms with Crippen LogP contribution in [0.4, 0.5) is 0 Å². The number of amides is 1. The number of carbonyl (C=O) groups excluding carboxylic acids is 2. The molecule has 0 saturated heterocycles. The molecule has 0 aliphatic rings. The number of aliphatic hydroxyl groups is 2. The molecule has 3 N–H and O–H groups in total. The Labute approximate surface area is 334 Å². The third kappa shape index (κ3) is 36.8. The Morgan fingerprint density at radius 2 is 1.00 bits per heavy atom. The summed E-state index contributed by atoms with van der Waals surface area (Å²) in [5, 5.41) is 23.6. The van der Waals surface area contributed by atoms with Crippen LogP contribution in [0, 0.1) is 0 Å². The molecular formula is C48H87NO5. The van der Waals surface area contributed by atoms with Gasteiger partial charge in [-0.15, -0.1) is 0 Å². The first-order valence-electron chi connectivity index (χ1n) is 22.9. The van der Waals surface area contributed by atoms with Crippen molar-refractivity contribution in [2.45, 2.75) is 238 Å². The predicted octanol–water partition coefficient (Wildman–Crippen LogP) is 13.1. The molecule has 3 atom stereocenters. The normalized spacial score (nSPS) is 13.8. The quantitative estimate of drug-likeness (QED) is 0.0329. The fourth-order valence-corrected chi connectivity index (χ4v) is 6.79. The highest BCUT2D eigenvalue weighted by Crippen LogP contribution is 2.17. The third-order valence-electron chi connectivity index (χ3n) is 10.3. The summed E-state index contributed by atoms with van der Waals surface area (Å²) in [5.74, 6) is -0.520. The molecule has 0 spiro atoms. The Bertz CT molecular complexity index is 941. The third-order valence-corrected chi connectivity index (χ3v) is 10.3. The maximum absolute atomic E-state index is 13.1. The van der Waals surface area contributed by atoms with Crippen LogP contribution in [0.5, 0.6) is 0 Å². The predicted molar refractivity (Wildman–Crippen MR) is 232 cm³/mol. The van der Waals surface area contributed by atoms with Crippen LogP contribution in [0.1, 0.15) is 220 Å². The average molecular weight is 758 g/mol. The van der Waals surface area contributed by atoms with Crippen LogP contribution in [-0.2, 0) is 14.3 Å². The molecule has 0 radical (unpaired) electrons. The van der Waals surface area contributed by atoms with E-state index in [2.05, 4.69) is 44.3 Å². The average Bonchev–Trinajstić information content (AvgIpc) is 3.16. The number of carbonyl (C=O) groups is 2. The lowest BCUT2D eigenvalue weighted by Gasteiger charge is -2.24. The molecule has 0 rings (SSSR count). The number of esters is 1. The molecule has 0 saturated carbocycles. The van der Waals surface area contributed by atoms with Gasteiger partial charge in [-0.25, -0.2) is 0 Å². The minimum Gasteiger partial charge on any atom is -0.462 e. The fraction of sp³-hybridized carbons (Fsp3) is 0.792. The van der Waals surface area contributed by atoms with Crippen molar-refractivity contribution in [2.24, 2.45) is 0 Å². The minimum absolute atomic E-state index is 0.0626. The molecule has 0 aliphatic heterocycles. The van der Waals surface area contributed by atoms with Crippen molar-refractivity contribution in [3.05, 3.63) is 48.6 Å². The largest absolute Gasteiger partial charge is 0.462 e. The van der Waals surface area contributed by atoms with E-state index in [9.17, 15) is 19.8 Å². The molecule has 6 nitrogen and oxygen atoms in total. The number of aliphatic hydroxyl groups excluding tert-OH is 2. The number of rotatable bonds is 40. The molecule has 54 heavy (non-hydrogen) atoms. The van der Waals surface area contributed by atoms with Crippen molar-refractivity contribution in [2.75, 3.05) is 6.61 Å². The monoisotopic (exact) mass is 758 g/mol. The Kier molecular flexibility index (Phi) is 40.3. The summed E-state index contributed by atoms with van der Waals surface area (Å²) in [4.78, 5) is 25.9. The van der Waals surface area contributed by atoms with Gasteiger partial charge in [0.25, 0.3) is 0 Å². The first-order chi connectivity index (χ1) is 26.5. The van der Waals surface area contributed by atoms with Crippen molar-refractivity contribution in [1.82, 2.24) is 5.32 Å². The van der Waals surface area contributed by atoms with Crippen molar-refractivity contribution in [1.29, 1.82) is 0 Å². The summed E-state index contributed by atoms with van der Waals surface area (Å²) in [7, 11) is 0. The van der Waals surface area contributed by atoms with E-state index in [1.165, 1.54) is 103 Å². The van der Waals surface area contributed by atoms with Gasteiger partial charge in [0.05, 0.1) is 25.2 Å². The molecule has 6 heteroatoms. The molecule has 314 valence electrons. The molecule has 3 unspecified atom stereocenters. The van der Waals surface area contributed by atoms with Crippen LogP contribution in [0.15, 0.2) is 48.6 Å². The summed E-state index contributed by atoms with van der Waals surface area (Å²) < 4.78 is 5.87. The molecule has 0 aromatic rings. The van der Waals surface area contributed by atoms with Crippen LogP contribution >= 0.6 is 0 Å². The van der Waals surface area contributed by atoms with Crippen LogP contribution < -0.4 is 5.32 Å². The van der Waals surface area contributed by atoms with E-state index >= 15 is 0 Å². The molecular weight excluding hydrogens is 671 g/mol. The minimum atomic E-state index is -0.791. The van der Waals surface area contributed by atoms with E-state index in [4.69, 9.17) is 4.74 Å². The second-order valence-corrected chi connectivity index (χ2v) is 15.5. The number of hydrogen-bond acceptors (Lipinski definition) is 5. The summed E-state index contributed by atoms with van der Waals surface area (Å²) in [6.07, 6.45) is 48.8. The Morgan fingerprint density at radius 1 is 0.556 bits per heavy atom. The molecule has 0 heterocycles. The SMILES string of the molecule is CC/C=C/C=C/C=C\C=C/CCCCCC(=O)OC(CCCCCCCCCCC)CC(=O)NC(CO)C(O)CCCCCCCCCCCCCCC. The van der Waals surface area contributed by atoms with Crippen LogP contribution in [0.25, 0.3) is 0 Å². The van der Waals surface area contributed by atoms with Gasteiger partial charge in [0.2, 0.25) is 5.91 Å². The first kappa shape index (κ1) is 51.8. The zero-order valence-electron chi connectivity index (χ0n) is 35.6. The first-order valence-corrected chi connectivity index (χ1v) is 22.9. The van der Waals surface area contributed by atoms with E-state index < -0.39 is 18.2 Å². The van der Waals surface area contributed by atoms with E-state index in [1.807, 2.05) is 30.4 Å². The number of unbranched alkanes of at least 4 members (excludes halogenated alkanes) is 23. The Balaban J connectivity index is 4.57. The maximum Gasteiger partial charge on any atom is 0.306 e. The highest BCUT2D eigenvalue weighted by molar-refractivity contribution is 5.77. The second-order valence-electron chi connectivity index (χ2n) is 15.5. The van der Waals surface area contributed by atoms with E-state index in [1.54, 1.807) is 0 Å². The summed E-state index contributed by atoms with van der Waals surface area (Å²) >= 11 is 0. The maximum atomic E-state index is 13.1. The zero-order valence-corrected chi connectivity index (χ0v) is 35.6. The standard InChI is InChI=1S/C48H87NO5/c1-4-7-10-13-16-19-21-23-25-28-31-34-37-40-46(51)45(43-50)49-47(52)42-44(39-36-33-30-27-18-15-12-9-6-3)54-48(53)41-38-35-32-29-26-24-22-20-17-14-11-8-5-2/h8,11,14,17,20,22,24,26,44-46,50-51H,4-7,9-10,12-13,15-16,18-19,21,23,25,27-43H2,1-3H3,(H,49,52)/b11-8+,17-14+,22-20-,26-24-. The van der Waals surface area contributed by atoms with Gasteiger partial charge in [0, 0.05) is 6.42 Å². The number of allylic oxidation sites excluding steroid dienone is 8. The highest BCUT2D eigenvalue weighted by atomic mass is 16.5. The summed E-state index contributed by atoms with van der Waals surface area (Å²) in [6.45, 7) is 6.31. The lowest BCUT2D eigenvalue weighted by Crippen LogP contribution is -2.46. The fourth-order valence-electron chi connectivity index (χ4n) is 6.79. The van der Waals surface area contributed by atoms with Crippen LogP contribution in [-0.4, -0.2) is 46.9 Å². The van der Waals surface area contributed by atoms with Crippen LogP contribution in [0.2, 0.25) is 0 Å². The Morgan fingerprint density at radius 3 is 1.50 bits per heavy atom. The zero-order chi connectivity index (χ0) is 39.6.